The molecule has 0 heterocycles. The summed E-state index contributed by atoms with van der Waals surface area (Å²) in [6.07, 6.45) is 0.0765. The van der Waals surface area contributed by atoms with Crippen LogP contribution in [0.1, 0.15) is 27.7 Å². The van der Waals surface area contributed by atoms with Crippen molar-refractivity contribution < 1.29 is 4.43 Å². The van der Waals surface area contributed by atoms with Crippen LogP contribution < -0.4 is 0 Å². The smallest absolute Gasteiger partial charge is 0.193 e. The lowest BCUT2D eigenvalue weighted by Crippen LogP contribution is -2.43. The van der Waals surface area contributed by atoms with E-state index in [0.717, 1.165) is 0 Å². The third-order valence-corrected chi connectivity index (χ3v) is 8.38. The molecule has 0 rings (SSSR count). The molecule has 0 radical (unpaired) electrons. The van der Waals surface area contributed by atoms with Crippen LogP contribution in [-0.4, -0.2) is 22.5 Å². The summed E-state index contributed by atoms with van der Waals surface area (Å²) in [4.78, 5) is 0. The molecular weight excluding hydrogens is 228 g/mol. The van der Waals surface area contributed by atoms with Crippen molar-refractivity contribution in [1.82, 2.24) is 0 Å². The standard InChI is InChI=1S/C13H28OSi2/c1-12(10-11-15(5,6)7)14-16(8,9)13(2,3)4/h12H,1-9H3/t12-/m1/s1. The number of rotatable bonds is 2. The maximum absolute atomic E-state index is 6.19. The van der Waals surface area contributed by atoms with Crippen molar-refractivity contribution in [2.75, 3.05) is 0 Å². The molecule has 1 nitrogen and oxygen atoms in total. The molecule has 3 heteroatoms. The number of hydrogen-bond donors (Lipinski definition) is 0. The van der Waals surface area contributed by atoms with Gasteiger partial charge in [-0.1, -0.05) is 46.3 Å². The van der Waals surface area contributed by atoms with Gasteiger partial charge in [-0.05, 0) is 25.1 Å². The van der Waals surface area contributed by atoms with Gasteiger partial charge in [0.1, 0.15) is 14.2 Å². The van der Waals surface area contributed by atoms with Gasteiger partial charge in [-0.3, -0.25) is 0 Å². The molecule has 0 N–H and O–H groups in total. The highest BCUT2D eigenvalue weighted by atomic mass is 28.4. The van der Waals surface area contributed by atoms with Gasteiger partial charge in [0.2, 0.25) is 0 Å². The molecule has 0 aliphatic rings. The second kappa shape index (κ2) is 5.07. The molecule has 0 saturated carbocycles. The van der Waals surface area contributed by atoms with Crippen molar-refractivity contribution in [3.05, 3.63) is 0 Å². The summed E-state index contributed by atoms with van der Waals surface area (Å²) in [5.41, 5.74) is 3.38. The Morgan fingerprint density at radius 2 is 1.44 bits per heavy atom. The molecule has 16 heavy (non-hydrogen) atoms. The zero-order valence-electron chi connectivity index (χ0n) is 12.5. The lowest BCUT2D eigenvalue weighted by Gasteiger charge is -2.37. The van der Waals surface area contributed by atoms with Gasteiger partial charge >= 0.3 is 0 Å². The maximum atomic E-state index is 6.19. The summed E-state index contributed by atoms with van der Waals surface area (Å²) in [7, 11) is -2.92. The molecule has 0 aliphatic carbocycles. The summed E-state index contributed by atoms with van der Waals surface area (Å²) in [6, 6.07) is 0. The summed E-state index contributed by atoms with van der Waals surface area (Å²) < 4.78 is 6.19. The summed E-state index contributed by atoms with van der Waals surface area (Å²) in [5.74, 6) is 3.27. The van der Waals surface area contributed by atoms with E-state index in [1.54, 1.807) is 0 Å². The molecule has 1 atom stereocenters. The minimum Gasteiger partial charge on any atom is -0.404 e. The Kier molecular flexibility index (Phi) is 5.06. The Morgan fingerprint density at radius 1 is 1.00 bits per heavy atom. The van der Waals surface area contributed by atoms with E-state index < -0.39 is 16.4 Å². The maximum Gasteiger partial charge on any atom is 0.193 e. The average Bonchev–Trinajstić information content (AvgIpc) is 1.96. The van der Waals surface area contributed by atoms with Crippen LogP contribution in [0, 0.1) is 11.5 Å². The van der Waals surface area contributed by atoms with Gasteiger partial charge in [-0.2, -0.15) is 0 Å². The highest BCUT2D eigenvalue weighted by Gasteiger charge is 2.38. The topological polar surface area (TPSA) is 9.23 Å². The van der Waals surface area contributed by atoms with Crippen LogP contribution in [0.2, 0.25) is 37.8 Å². The van der Waals surface area contributed by atoms with Crippen molar-refractivity contribution in [2.24, 2.45) is 0 Å². The van der Waals surface area contributed by atoms with Crippen LogP contribution >= 0.6 is 0 Å². The first kappa shape index (κ1) is 16.0. The zero-order chi connectivity index (χ0) is 13.2. The fraction of sp³-hybridized carbons (Fsp3) is 0.846. The molecule has 0 aromatic carbocycles. The van der Waals surface area contributed by atoms with E-state index in [0.29, 0.717) is 0 Å². The lowest BCUT2D eigenvalue weighted by atomic mass is 10.2. The van der Waals surface area contributed by atoms with Crippen molar-refractivity contribution in [3.63, 3.8) is 0 Å². The van der Waals surface area contributed by atoms with Gasteiger partial charge in [0.05, 0.1) is 0 Å². The van der Waals surface area contributed by atoms with Crippen molar-refractivity contribution >= 4 is 16.4 Å². The molecule has 0 bridgehead atoms. The van der Waals surface area contributed by atoms with Crippen molar-refractivity contribution in [3.8, 4) is 11.5 Å². The summed E-state index contributed by atoms with van der Waals surface area (Å²) in [5, 5.41) is 0.266. The van der Waals surface area contributed by atoms with Crippen LogP contribution in [-0.2, 0) is 4.43 Å². The second-order valence-electron chi connectivity index (χ2n) is 7.04. The Hall–Kier alpha value is -0.0462. The third-order valence-electron chi connectivity index (χ3n) is 2.93. The van der Waals surface area contributed by atoms with E-state index in [-0.39, 0.29) is 11.1 Å². The van der Waals surface area contributed by atoms with E-state index in [1.807, 2.05) is 0 Å². The zero-order valence-corrected chi connectivity index (χ0v) is 14.5. The SMILES string of the molecule is C[C@H](C#C[Si](C)(C)C)O[Si](C)(C)C(C)(C)C. The fourth-order valence-electron chi connectivity index (χ4n) is 0.966. The average molecular weight is 257 g/mol. The van der Waals surface area contributed by atoms with Crippen LogP contribution in [0.25, 0.3) is 0 Å². The minimum absolute atomic E-state index is 0.0765. The van der Waals surface area contributed by atoms with Gasteiger partial charge in [0.25, 0.3) is 0 Å². The predicted octanol–water partition coefficient (Wildman–Crippen LogP) is 4.28. The molecule has 0 fully saturated rings. The second-order valence-corrected chi connectivity index (χ2v) is 16.5. The van der Waals surface area contributed by atoms with Crippen molar-refractivity contribution in [1.29, 1.82) is 0 Å². The van der Waals surface area contributed by atoms with Crippen LogP contribution in [0.5, 0.6) is 0 Å². The first-order valence-corrected chi connectivity index (χ1v) is 12.5. The van der Waals surface area contributed by atoms with E-state index in [4.69, 9.17) is 4.43 Å². The Morgan fingerprint density at radius 3 is 1.75 bits per heavy atom. The van der Waals surface area contributed by atoms with E-state index in [1.165, 1.54) is 0 Å². The van der Waals surface area contributed by atoms with Crippen molar-refractivity contribution in [2.45, 2.75) is 71.6 Å². The normalized spacial score (nSPS) is 15.3. The van der Waals surface area contributed by atoms with Gasteiger partial charge in [-0.15, -0.1) is 5.54 Å². The third kappa shape index (κ3) is 5.88. The first-order chi connectivity index (χ1) is 6.85. The lowest BCUT2D eigenvalue weighted by molar-refractivity contribution is 0.251. The molecule has 0 aromatic heterocycles. The van der Waals surface area contributed by atoms with Gasteiger partial charge in [0.15, 0.2) is 8.32 Å². The van der Waals surface area contributed by atoms with E-state index in [2.05, 4.69) is 71.9 Å². The molecule has 0 amide bonds. The number of hydrogen-bond acceptors (Lipinski definition) is 1. The largest absolute Gasteiger partial charge is 0.404 e. The predicted molar refractivity (Wildman–Crippen MR) is 78.9 cm³/mol. The molecule has 0 spiro atoms. The molecule has 0 saturated heterocycles. The summed E-state index contributed by atoms with van der Waals surface area (Å²) in [6.45, 7) is 20.2. The van der Waals surface area contributed by atoms with Crippen LogP contribution in [0.4, 0.5) is 0 Å². The molecule has 94 valence electrons. The minimum atomic E-state index is -1.65. The van der Waals surface area contributed by atoms with Crippen LogP contribution in [0.15, 0.2) is 0 Å². The van der Waals surface area contributed by atoms with E-state index in [9.17, 15) is 0 Å². The Labute approximate surface area is 104 Å². The van der Waals surface area contributed by atoms with Gasteiger partial charge in [-0.25, -0.2) is 0 Å². The monoisotopic (exact) mass is 256 g/mol. The van der Waals surface area contributed by atoms with Gasteiger partial charge in [0, 0.05) is 0 Å². The molecule has 0 aliphatic heterocycles. The van der Waals surface area contributed by atoms with Gasteiger partial charge < -0.3 is 4.43 Å². The van der Waals surface area contributed by atoms with E-state index >= 15 is 0 Å². The highest BCUT2D eigenvalue weighted by Crippen LogP contribution is 2.37. The highest BCUT2D eigenvalue weighted by molar-refractivity contribution is 6.83. The molecule has 0 aromatic rings. The molecule has 0 unspecified atom stereocenters. The molecular formula is C13H28OSi2. The van der Waals surface area contributed by atoms with Crippen LogP contribution in [0.3, 0.4) is 0 Å². The summed E-state index contributed by atoms with van der Waals surface area (Å²) >= 11 is 0. The Bertz CT molecular complexity index is 284. The first-order valence-electron chi connectivity index (χ1n) is 6.06. The fourth-order valence-corrected chi connectivity index (χ4v) is 2.90. The quantitative estimate of drug-likeness (QED) is 0.529. The Balaban J connectivity index is 4.57.